The Hall–Kier alpha value is -2.07. The molecule has 148 valence electrons. The van der Waals surface area contributed by atoms with Crippen LogP contribution in [0.3, 0.4) is 0 Å². The molecule has 10 heteroatoms. The van der Waals surface area contributed by atoms with Gasteiger partial charge in [0.05, 0.1) is 18.0 Å². The van der Waals surface area contributed by atoms with Crippen molar-refractivity contribution in [2.24, 2.45) is 4.99 Å². The summed E-state index contributed by atoms with van der Waals surface area (Å²) in [7, 11) is 0. The van der Waals surface area contributed by atoms with Crippen LogP contribution in [-0.4, -0.2) is 54.2 Å². The monoisotopic (exact) mass is 401 g/mol. The minimum absolute atomic E-state index is 0.0656. The van der Waals surface area contributed by atoms with Gasteiger partial charge in [0.25, 0.3) is 0 Å². The second-order valence-corrected chi connectivity index (χ2v) is 7.24. The second-order valence-electron chi connectivity index (χ2n) is 6.30. The Bertz CT molecular complexity index is 744. The fourth-order valence-electron chi connectivity index (χ4n) is 2.91. The normalized spacial score (nSPS) is 18.8. The fourth-order valence-corrected chi connectivity index (χ4v) is 3.57. The van der Waals surface area contributed by atoms with Crippen molar-refractivity contribution in [3.63, 3.8) is 0 Å². The molecule has 1 fully saturated rings. The number of hydrogen-bond donors (Lipinski definition) is 2. The number of guanidine groups is 1. The van der Waals surface area contributed by atoms with Crippen molar-refractivity contribution in [3.05, 3.63) is 29.5 Å². The molecule has 0 radical (unpaired) electrons. The van der Waals surface area contributed by atoms with E-state index in [4.69, 9.17) is 4.42 Å². The summed E-state index contributed by atoms with van der Waals surface area (Å²) in [5, 5.41) is 8.28. The molecule has 6 nitrogen and oxygen atoms in total. The van der Waals surface area contributed by atoms with Crippen LogP contribution in [0.2, 0.25) is 0 Å². The van der Waals surface area contributed by atoms with E-state index in [0.717, 1.165) is 4.88 Å². The number of nitrogens with zero attached hydrogens (tertiary/aromatic N) is 3. The first kappa shape index (κ1) is 19.7. The molecule has 3 heterocycles. The molecule has 2 N–H and O–H groups in total. The topological polar surface area (TPSA) is 65.7 Å². The van der Waals surface area contributed by atoms with E-state index in [-0.39, 0.29) is 6.04 Å². The molecule has 0 bridgehead atoms. The van der Waals surface area contributed by atoms with Crippen LogP contribution in [0, 0.1) is 0 Å². The predicted molar refractivity (Wildman–Crippen MR) is 98.7 cm³/mol. The van der Waals surface area contributed by atoms with Crippen LogP contribution >= 0.6 is 11.3 Å². The van der Waals surface area contributed by atoms with E-state index in [2.05, 4.69) is 20.6 Å². The number of aliphatic imine (C=N–C) groups is 1. The number of oxazole rings is 1. The molecule has 2 aromatic heterocycles. The SMILES string of the molecule is CCNC(=NCc1coc(-c2cccs2)n1)NC1CCN(CC(F)(F)F)C1. The Morgan fingerprint density at radius 1 is 1.48 bits per heavy atom. The molecule has 0 amide bonds. The molecule has 27 heavy (non-hydrogen) atoms. The first-order valence-corrected chi connectivity index (χ1v) is 9.63. The van der Waals surface area contributed by atoms with Crippen LogP contribution in [0.25, 0.3) is 10.8 Å². The zero-order valence-electron chi connectivity index (χ0n) is 14.9. The second kappa shape index (κ2) is 8.75. The van der Waals surface area contributed by atoms with Crippen molar-refractivity contribution in [1.29, 1.82) is 0 Å². The lowest BCUT2D eigenvalue weighted by molar-refractivity contribution is -0.143. The molecule has 2 aromatic rings. The van der Waals surface area contributed by atoms with E-state index < -0.39 is 12.7 Å². The standard InChI is InChI=1S/C17H22F3N5OS/c1-2-21-16(24-12-5-6-25(9-12)11-17(18,19)20)22-8-13-10-26-15(23-13)14-4-3-7-27-14/h3-4,7,10,12H,2,5-6,8-9,11H2,1H3,(H2,21,22,24). The predicted octanol–water partition coefficient (Wildman–Crippen LogP) is 3.09. The maximum atomic E-state index is 12.5. The maximum absolute atomic E-state index is 12.5. The molecule has 1 unspecified atom stereocenters. The van der Waals surface area contributed by atoms with Gasteiger partial charge in [-0.2, -0.15) is 13.2 Å². The Kier molecular flexibility index (Phi) is 6.38. The molecule has 0 aromatic carbocycles. The van der Waals surface area contributed by atoms with Crippen molar-refractivity contribution in [2.45, 2.75) is 32.1 Å². The highest BCUT2D eigenvalue weighted by molar-refractivity contribution is 7.13. The highest BCUT2D eigenvalue weighted by Gasteiger charge is 2.34. The fraction of sp³-hybridized carbons (Fsp3) is 0.529. The molecule has 0 spiro atoms. The van der Waals surface area contributed by atoms with E-state index in [1.165, 1.54) is 4.90 Å². The lowest BCUT2D eigenvalue weighted by Gasteiger charge is -2.19. The number of thiophene rings is 1. The molecule has 1 aliphatic rings. The minimum atomic E-state index is -4.17. The van der Waals surface area contributed by atoms with E-state index in [0.29, 0.717) is 50.1 Å². The Morgan fingerprint density at radius 2 is 2.33 bits per heavy atom. The number of aromatic nitrogens is 1. The summed E-state index contributed by atoms with van der Waals surface area (Å²) in [6, 6.07) is 3.80. The lowest BCUT2D eigenvalue weighted by Crippen LogP contribution is -2.45. The van der Waals surface area contributed by atoms with Crippen LogP contribution in [0.4, 0.5) is 13.2 Å². The Balaban J connectivity index is 1.56. The first-order valence-electron chi connectivity index (χ1n) is 8.75. The molecule has 1 aliphatic heterocycles. The third kappa shape index (κ3) is 5.96. The number of likely N-dealkylation sites (tertiary alicyclic amines) is 1. The summed E-state index contributed by atoms with van der Waals surface area (Å²) in [5.41, 5.74) is 0.695. The van der Waals surface area contributed by atoms with E-state index in [1.54, 1.807) is 17.6 Å². The Labute approximate surface area is 159 Å². The number of rotatable bonds is 6. The highest BCUT2D eigenvalue weighted by atomic mass is 32.1. The van der Waals surface area contributed by atoms with Gasteiger partial charge in [0.1, 0.15) is 12.0 Å². The van der Waals surface area contributed by atoms with Gasteiger partial charge in [-0.1, -0.05) is 6.07 Å². The largest absolute Gasteiger partial charge is 0.443 e. The van der Waals surface area contributed by atoms with Crippen LogP contribution in [0.1, 0.15) is 19.0 Å². The maximum Gasteiger partial charge on any atom is 0.401 e. The van der Waals surface area contributed by atoms with Crippen molar-refractivity contribution in [3.8, 4) is 10.8 Å². The number of alkyl halides is 3. The zero-order chi connectivity index (χ0) is 19.3. The summed E-state index contributed by atoms with van der Waals surface area (Å²) < 4.78 is 43.0. The number of hydrogen-bond acceptors (Lipinski definition) is 5. The number of halogens is 3. The molecular weight excluding hydrogens is 379 g/mol. The van der Waals surface area contributed by atoms with Crippen molar-refractivity contribution < 1.29 is 17.6 Å². The summed E-state index contributed by atoms with van der Waals surface area (Å²) in [6.45, 7) is 2.81. The molecule has 1 saturated heterocycles. The molecule has 0 aliphatic carbocycles. The van der Waals surface area contributed by atoms with Crippen LogP contribution in [-0.2, 0) is 6.54 Å². The summed E-state index contributed by atoms with van der Waals surface area (Å²) in [5.74, 6) is 1.13. The van der Waals surface area contributed by atoms with Gasteiger partial charge in [-0.3, -0.25) is 4.90 Å². The average Bonchev–Trinajstić information content (AvgIpc) is 3.33. The van der Waals surface area contributed by atoms with E-state index in [1.807, 2.05) is 24.4 Å². The zero-order valence-corrected chi connectivity index (χ0v) is 15.7. The number of nitrogens with one attached hydrogen (secondary N) is 2. The van der Waals surface area contributed by atoms with Gasteiger partial charge < -0.3 is 15.1 Å². The third-order valence-corrected chi connectivity index (χ3v) is 4.90. The summed E-state index contributed by atoms with van der Waals surface area (Å²) >= 11 is 1.55. The first-order chi connectivity index (χ1) is 12.9. The van der Waals surface area contributed by atoms with Gasteiger partial charge in [0.15, 0.2) is 5.96 Å². The van der Waals surface area contributed by atoms with Crippen LogP contribution in [0.15, 0.2) is 33.2 Å². The van der Waals surface area contributed by atoms with Crippen LogP contribution in [0.5, 0.6) is 0 Å². The van der Waals surface area contributed by atoms with Gasteiger partial charge in [-0.25, -0.2) is 9.98 Å². The van der Waals surface area contributed by atoms with Crippen LogP contribution < -0.4 is 10.6 Å². The van der Waals surface area contributed by atoms with Gasteiger partial charge >= 0.3 is 6.18 Å². The van der Waals surface area contributed by atoms with Gasteiger partial charge in [-0.15, -0.1) is 11.3 Å². The Morgan fingerprint density at radius 3 is 3.04 bits per heavy atom. The molecule has 0 saturated carbocycles. The van der Waals surface area contributed by atoms with Gasteiger partial charge in [0.2, 0.25) is 5.89 Å². The summed E-state index contributed by atoms with van der Waals surface area (Å²) in [6.07, 6.45) is -1.95. The highest BCUT2D eigenvalue weighted by Crippen LogP contribution is 2.24. The van der Waals surface area contributed by atoms with Gasteiger partial charge in [-0.05, 0) is 24.8 Å². The van der Waals surface area contributed by atoms with Gasteiger partial charge in [0, 0.05) is 25.7 Å². The molecule has 3 rings (SSSR count). The smallest absolute Gasteiger partial charge is 0.401 e. The van der Waals surface area contributed by atoms with Crippen molar-refractivity contribution >= 4 is 17.3 Å². The molecular formula is C17H22F3N5OS. The summed E-state index contributed by atoms with van der Waals surface area (Å²) in [4.78, 5) is 11.3. The van der Waals surface area contributed by atoms with Crippen molar-refractivity contribution in [2.75, 3.05) is 26.2 Å². The minimum Gasteiger partial charge on any atom is -0.443 e. The van der Waals surface area contributed by atoms with E-state index in [9.17, 15) is 13.2 Å². The van der Waals surface area contributed by atoms with E-state index >= 15 is 0 Å². The van der Waals surface area contributed by atoms with Crippen molar-refractivity contribution in [1.82, 2.24) is 20.5 Å². The quantitative estimate of drug-likeness (QED) is 0.575. The molecule has 1 atom stereocenters. The lowest BCUT2D eigenvalue weighted by atomic mass is 10.3. The third-order valence-electron chi connectivity index (χ3n) is 4.04. The average molecular weight is 401 g/mol.